The third kappa shape index (κ3) is 4.13. The quantitative estimate of drug-likeness (QED) is 0.690. The normalized spacial score (nSPS) is 30.0. The maximum atomic E-state index is 10.6. The lowest BCUT2D eigenvalue weighted by Crippen LogP contribution is -2.56. The van der Waals surface area contributed by atoms with Gasteiger partial charge in [0.05, 0.1) is 17.3 Å². The van der Waals surface area contributed by atoms with Crippen LogP contribution in [0.15, 0.2) is 30.3 Å². The van der Waals surface area contributed by atoms with Gasteiger partial charge in [-0.05, 0) is 37.7 Å². The number of aliphatic hydroxyl groups excluding tert-OH is 1. The van der Waals surface area contributed by atoms with E-state index in [0.29, 0.717) is 12.8 Å². The van der Waals surface area contributed by atoms with Gasteiger partial charge < -0.3 is 24.1 Å². The third-order valence-electron chi connectivity index (χ3n) is 7.48. The van der Waals surface area contributed by atoms with Crippen LogP contribution in [0.5, 0.6) is 0 Å². The highest BCUT2D eigenvalue weighted by Gasteiger charge is 2.59. The number of benzene rings is 1. The van der Waals surface area contributed by atoms with Gasteiger partial charge in [0.1, 0.15) is 12.2 Å². The molecule has 29 heavy (non-hydrogen) atoms. The second-order valence-electron chi connectivity index (χ2n) is 9.00. The Morgan fingerprint density at radius 3 is 1.83 bits per heavy atom. The second kappa shape index (κ2) is 9.03. The summed E-state index contributed by atoms with van der Waals surface area (Å²) in [6.45, 7) is 0. The molecule has 3 aliphatic rings. The van der Waals surface area contributed by atoms with Crippen molar-refractivity contribution < 1.29 is 24.1 Å². The van der Waals surface area contributed by atoms with Crippen molar-refractivity contribution in [2.24, 2.45) is 0 Å². The summed E-state index contributed by atoms with van der Waals surface area (Å²) in [6.07, 6.45) is 8.87. The van der Waals surface area contributed by atoms with Crippen LogP contribution in [0, 0.1) is 0 Å². The summed E-state index contributed by atoms with van der Waals surface area (Å²) < 4.78 is 25.3. The van der Waals surface area contributed by atoms with Crippen molar-refractivity contribution in [3.05, 3.63) is 35.9 Å². The summed E-state index contributed by atoms with van der Waals surface area (Å²) in [4.78, 5) is 0. The zero-order chi connectivity index (χ0) is 20.3. The minimum atomic E-state index is -0.508. The van der Waals surface area contributed by atoms with Crippen molar-refractivity contribution in [2.45, 2.75) is 100 Å². The van der Waals surface area contributed by atoms with Crippen molar-refractivity contribution in [1.82, 2.24) is 0 Å². The lowest BCUT2D eigenvalue weighted by molar-refractivity contribution is -0.153. The van der Waals surface area contributed by atoms with Crippen molar-refractivity contribution in [2.75, 3.05) is 14.2 Å². The van der Waals surface area contributed by atoms with Crippen LogP contribution in [-0.4, -0.2) is 49.0 Å². The first kappa shape index (κ1) is 21.3. The number of methoxy groups -OCH3 is 2. The minimum Gasteiger partial charge on any atom is -0.388 e. The fraction of sp³-hybridized carbons (Fsp3) is 0.750. The molecule has 0 amide bonds. The van der Waals surface area contributed by atoms with Crippen LogP contribution >= 0.6 is 0 Å². The Kier molecular flexibility index (Phi) is 6.62. The number of hydrogen-bond donors (Lipinski definition) is 1. The van der Waals surface area contributed by atoms with E-state index in [1.54, 1.807) is 0 Å². The predicted molar refractivity (Wildman–Crippen MR) is 111 cm³/mol. The van der Waals surface area contributed by atoms with Gasteiger partial charge >= 0.3 is 0 Å². The van der Waals surface area contributed by atoms with Crippen molar-refractivity contribution in [3.63, 3.8) is 0 Å². The molecule has 4 rings (SSSR count). The topological polar surface area (TPSA) is 57.2 Å². The number of hydrogen-bond acceptors (Lipinski definition) is 5. The highest BCUT2D eigenvalue weighted by atomic mass is 16.7. The summed E-state index contributed by atoms with van der Waals surface area (Å²) in [5.41, 5.74) is 0.365. The summed E-state index contributed by atoms with van der Waals surface area (Å²) >= 11 is 0. The van der Waals surface area contributed by atoms with Gasteiger partial charge in [-0.2, -0.15) is 0 Å². The molecule has 3 fully saturated rings. The highest BCUT2D eigenvalue weighted by molar-refractivity contribution is 5.17. The highest BCUT2D eigenvalue weighted by Crippen LogP contribution is 2.49. The molecule has 1 aromatic rings. The SMILES string of the molecule is COC1([C@H]2OC(CC[C@@H](O)c3ccccc3)O[C@@H]2C2(OC)CCCC2)CCCC1. The van der Waals surface area contributed by atoms with Crippen LogP contribution in [0.4, 0.5) is 0 Å². The van der Waals surface area contributed by atoms with E-state index < -0.39 is 6.10 Å². The molecule has 1 aromatic carbocycles. The first-order valence-corrected chi connectivity index (χ1v) is 11.3. The summed E-state index contributed by atoms with van der Waals surface area (Å²) in [6, 6.07) is 9.80. The molecule has 162 valence electrons. The maximum Gasteiger partial charge on any atom is 0.159 e. The van der Waals surface area contributed by atoms with Crippen LogP contribution in [0.1, 0.15) is 75.9 Å². The summed E-state index contributed by atoms with van der Waals surface area (Å²) in [5.74, 6) is 0. The van der Waals surface area contributed by atoms with Gasteiger partial charge in [0.25, 0.3) is 0 Å². The maximum absolute atomic E-state index is 10.6. The van der Waals surface area contributed by atoms with E-state index in [1.165, 1.54) is 0 Å². The Balaban J connectivity index is 1.49. The molecule has 0 unspecified atom stereocenters. The van der Waals surface area contributed by atoms with Gasteiger partial charge in [0.2, 0.25) is 0 Å². The van der Waals surface area contributed by atoms with Gasteiger partial charge in [-0.1, -0.05) is 56.0 Å². The zero-order valence-corrected chi connectivity index (χ0v) is 17.8. The number of aliphatic hydroxyl groups is 1. The molecule has 0 spiro atoms. The van der Waals surface area contributed by atoms with Crippen LogP contribution in [0.25, 0.3) is 0 Å². The van der Waals surface area contributed by atoms with E-state index in [4.69, 9.17) is 18.9 Å². The summed E-state index contributed by atoms with van der Waals surface area (Å²) in [7, 11) is 3.62. The molecular weight excluding hydrogens is 368 g/mol. The Labute approximate surface area is 174 Å². The van der Waals surface area contributed by atoms with E-state index in [2.05, 4.69) is 0 Å². The molecule has 2 aliphatic carbocycles. The molecule has 0 aromatic heterocycles. The summed E-state index contributed by atoms with van der Waals surface area (Å²) in [5, 5.41) is 10.6. The Morgan fingerprint density at radius 2 is 1.38 bits per heavy atom. The molecule has 0 radical (unpaired) electrons. The average molecular weight is 405 g/mol. The Hall–Kier alpha value is -0.980. The molecular formula is C24H36O5. The fourth-order valence-corrected chi connectivity index (χ4v) is 5.73. The monoisotopic (exact) mass is 404 g/mol. The lowest BCUT2D eigenvalue weighted by atomic mass is 9.81. The zero-order valence-electron chi connectivity index (χ0n) is 17.8. The number of rotatable bonds is 8. The molecule has 0 bridgehead atoms. The smallest absolute Gasteiger partial charge is 0.159 e. The predicted octanol–water partition coefficient (Wildman–Crippen LogP) is 4.53. The van der Waals surface area contributed by atoms with Gasteiger partial charge in [0.15, 0.2) is 6.29 Å². The van der Waals surface area contributed by atoms with Crippen LogP contribution in [-0.2, 0) is 18.9 Å². The average Bonchev–Trinajstić information content (AvgIpc) is 3.52. The van der Waals surface area contributed by atoms with Gasteiger partial charge in [-0.15, -0.1) is 0 Å². The van der Waals surface area contributed by atoms with E-state index in [-0.39, 0.29) is 29.7 Å². The Bertz CT molecular complexity index is 604. The van der Waals surface area contributed by atoms with E-state index >= 15 is 0 Å². The van der Waals surface area contributed by atoms with E-state index in [1.807, 2.05) is 44.6 Å². The number of ether oxygens (including phenoxy) is 4. The minimum absolute atomic E-state index is 0.119. The van der Waals surface area contributed by atoms with Gasteiger partial charge in [-0.25, -0.2) is 0 Å². The van der Waals surface area contributed by atoms with Crippen molar-refractivity contribution in [3.8, 4) is 0 Å². The molecule has 5 heteroatoms. The van der Waals surface area contributed by atoms with E-state index in [9.17, 15) is 5.11 Å². The standard InChI is InChI=1S/C24H36O5/c1-26-23(14-6-7-15-23)21-22(24(27-2)16-8-9-17-24)29-20(28-21)13-12-19(25)18-10-4-3-5-11-18/h3-5,10-11,19-22,25H,6-9,12-17H2,1-2H3/t19-,21+,22+/m1/s1. The molecule has 5 nitrogen and oxygen atoms in total. The van der Waals surface area contributed by atoms with Crippen LogP contribution < -0.4 is 0 Å². The lowest BCUT2D eigenvalue weighted by Gasteiger charge is -2.42. The van der Waals surface area contributed by atoms with Crippen LogP contribution in [0.2, 0.25) is 0 Å². The first-order chi connectivity index (χ1) is 14.1. The molecule has 1 heterocycles. The first-order valence-electron chi connectivity index (χ1n) is 11.3. The molecule has 1 saturated heterocycles. The van der Waals surface area contributed by atoms with Gasteiger partial charge in [-0.3, -0.25) is 0 Å². The largest absolute Gasteiger partial charge is 0.388 e. The van der Waals surface area contributed by atoms with Crippen molar-refractivity contribution >= 4 is 0 Å². The molecule has 1 aliphatic heterocycles. The third-order valence-corrected chi connectivity index (χ3v) is 7.48. The molecule has 1 N–H and O–H groups in total. The molecule has 3 atom stereocenters. The van der Waals surface area contributed by atoms with Gasteiger partial charge in [0, 0.05) is 20.6 Å². The van der Waals surface area contributed by atoms with Crippen LogP contribution in [0.3, 0.4) is 0 Å². The van der Waals surface area contributed by atoms with E-state index in [0.717, 1.165) is 56.9 Å². The fourth-order valence-electron chi connectivity index (χ4n) is 5.73. The second-order valence-corrected chi connectivity index (χ2v) is 9.00. The van der Waals surface area contributed by atoms with Crippen molar-refractivity contribution in [1.29, 1.82) is 0 Å². The molecule has 2 saturated carbocycles. The Morgan fingerprint density at radius 1 is 0.897 bits per heavy atom.